The Bertz CT molecular complexity index is 643. The number of likely N-dealkylation sites (tertiary alicyclic amines) is 1. The molecule has 2 unspecified atom stereocenters. The molecule has 0 aromatic heterocycles. The van der Waals surface area contributed by atoms with Crippen molar-refractivity contribution in [3.8, 4) is 5.75 Å². The molecule has 6 heteroatoms. The van der Waals surface area contributed by atoms with Crippen LogP contribution in [0.15, 0.2) is 24.3 Å². The van der Waals surface area contributed by atoms with Crippen molar-refractivity contribution in [3.63, 3.8) is 0 Å². The van der Waals surface area contributed by atoms with E-state index in [0.717, 1.165) is 29.5 Å². The Morgan fingerprint density at radius 2 is 1.96 bits per heavy atom. The van der Waals surface area contributed by atoms with Gasteiger partial charge < -0.3 is 20.3 Å². The van der Waals surface area contributed by atoms with Gasteiger partial charge in [-0.25, -0.2) is 0 Å². The highest BCUT2D eigenvalue weighted by Gasteiger charge is 2.39. The first-order chi connectivity index (χ1) is 12.5. The van der Waals surface area contributed by atoms with Crippen LogP contribution in [0.5, 0.6) is 5.75 Å². The summed E-state index contributed by atoms with van der Waals surface area (Å²) in [5.41, 5.74) is 1.16. The molecule has 1 aliphatic carbocycles. The van der Waals surface area contributed by atoms with Gasteiger partial charge >= 0.3 is 0 Å². The largest absolute Gasteiger partial charge is 0.497 e. The fraction of sp³-hybridized carbons (Fsp3) is 0.600. The second kappa shape index (κ2) is 8.25. The molecule has 2 aliphatic rings. The Kier molecular flexibility index (Phi) is 6.01. The third-order valence-corrected chi connectivity index (χ3v) is 5.54. The van der Waals surface area contributed by atoms with Crippen molar-refractivity contribution in [2.24, 2.45) is 11.8 Å². The van der Waals surface area contributed by atoms with E-state index in [1.807, 2.05) is 12.1 Å². The Morgan fingerprint density at radius 1 is 1.27 bits per heavy atom. The van der Waals surface area contributed by atoms with Crippen LogP contribution in [0.3, 0.4) is 0 Å². The highest BCUT2D eigenvalue weighted by atomic mass is 32.1. The lowest BCUT2D eigenvalue weighted by molar-refractivity contribution is -0.125. The predicted octanol–water partition coefficient (Wildman–Crippen LogP) is 2.52. The maximum absolute atomic E-state index is 12.8. The molecule has 1 aromatic rings. The number of nitrogens with zero attached hydrogens (tertiary/aromatic N) is 1. The van der Waals surface area contributed by atoms with Gasteiger partial charge in [-0.1, -0.05) is 12.1 Å². The van der Waals surface area contributed by atoms with Gasteiger partial charge in [0.15, 0.2) is 5.11 Å². The summed E-state index contributed by atoms with van der Waals surface area (Å²) in [5.74, 6) is 1.70. The first kappa shape index (κ1) is 19.0. The van der Waals surface area contributed by atoms with Crippen LogP contribution in [0.4, 0.5) is 0 Å². The molecule has 0 spiro atoms. The molecule has 3 rings (SSSR count). The number of hydrogen-bond donors (Lipinski definition) is 2. The van der Waals surface area contributed by atoms with Crippen LogP contribution in [0.2, 0.25) is 0 Å². The number of hydrogen-bond acceptors (Lipinski definition) is 3. The molecular weight excluding hydrogens is 346 g/mol. The van der Waals surface area contributed by atoms with Gasteiger partial charge in [0.25, 0.3) is 0 Å². The Morgan fingerprint density at radius 3 is 2.54 bits per heavy atom. The summed E-state index contributed by atoms with van der Waals surface area (Å²) >= 11 is 5.55. The van der Waals surface area contributed by atoms with Crippen molar-refractivity contribution in [1.82, 2.24) is 15.5 Å². The summed E-state index contributed by atoms with van der Waals surface area (Å²) in [5, 5.41) is 7.19. The predicted molar refractivity (Wildman–Crippen MR) is 107 cm³/mol. The standard InChI is InChI=1S/C20H29N3O2S/c1-13(2)22-20(26)23-11-17(15-6-8-16(25-3)9-7-15)18(12-23)19(24)21-10-14-4-5-14/h6-9,13-14,17-18H,4-5,10-12H2,1-3H3,(H,21,24)(H,22,26). The summed E-state index contributed by atoms with van der Waals surface area (Å²) in [6.07, 6.45) is 2.47. The SMILES string of the molecule is COc1ccc(C2CN(C(=S)NC(C)C)CC2C(=O)NCC2CC2)cc1. The van der Waals surface area contributed by atoms with Crippen molar-refractivity contribution in [2.45, 2.75) is 38.6 Å². The lowest BCUT2D eigenvalue weighted by atomic mass is 9.88. The van der Waals surface area contributed by atoms with E-state index in [1.165, 1.54) is 12.8 Å². The molecule has 0 radical (unpaired) electrons. The number of ether oxygens (including phenoxy) is 1. The van der Waals surface area contributed by atoms with Crippen molar-refractivity contribution in [2.75, 3.05) is 26.7 Å². The monoisotopic (exact) mass is 375 g/mol. The number of nitrogens with one attached hydrogen (secondary N) is 2. The van der Waals surface area contributed by atoms with Gasteiger partial charge in [0, 0.05) is 31.6 Å². The van der Waals surface area contributed by atoms with Gasteiger partial charge in [-0.3, -0.25) is 4.79 Å². The molecule has 1 saturated carbocycles. The summed E-state index contributed by atoms with van der Waals surface area (Å²) in [7, 11) is 1.66. The molecule has 1 aromatic carbocycles. The van der Waals surface area contributed by atoms with Crippen molar-refractivity contribution >= 4 is 23.2 Å². The maximum atomic E-state index is 12.8. The molecule has 1 aliphatic heterocycles. The quantitative estimate of drug-likeness (QED) is 0.749. The summed E-state index contributed by atoms with van der Waals surface area (Å²) < 4.78 is 5.26. The van der Waals surface area contributed by atoms with Gasteiger partial charge in [-0.15, -0.1) is 0 Å². The summed E-state index contributed by atoms with van der Waals surface area (Å²) in [6, 6.07) is 8.33. The average Bonchev–Trinajstić information content (AvgIpc) is 3.35. The zero-order valence-corrected chi connectivity index (χ0v) is 16.6. The number of methoxy groups -OCH3 is 1. The van der Waals surface area contributed by atoms with E-state index in [0.29, 0.717) is 12.5 Å². The van der Waals surface area contributed by atoms with E-state index in [4.69, 9.17) is 17.0 Å². The minimum atomic E-state index is -0.0888. The molecule has 2 atom stereocenters. The van der Waals surface area contributed by atoms with Gasteiger partial charge in [0.05, 0.1) is 13.0 Å². The fourth-order valence-corrected chi connectivity index (χ4v) is 3.85. The maximum Gasteiger partial charge on any atom is 0.225 e. The Hall–Kier alpha value is -1.82. The zero-order chi connectivity index (χ0) is 18.7. The van der Waals surface area contributed by atoms with E-state index in [9.17, 15) is 4.79 Å². The van der Waals surface area contributed by atoms with Crippen LogP contribution < -0.4 is 15.4 Å². The van der Waals surface area contributed by atoms with Crippen LogP contribution in [0, 0.1) is 11.8 Å². The van der Waals surface area contributed by atoms with E-state index in [-0.39, 0.29) is 23.8 Å². The molecule has 0 bridgehead atoms. The lowest BCUT2D eigenvalue weighted by Crippen LogP contribution is -2.42. The molecule has 2 fully saturated rings. The number of benzene rings is 1. The molecule has 26 heavy (non-hydrogen) atoms. The first-order valence-electron chi connectivity index (χ1n) is 9.45. The van der Waals surface area contributed by atoms with Crippen LogP contribution in [-0.4, -0.2) is 48.7 Å². The van der Waals surface area contributed by atoms with Crippen molar-refractivity contribution < 1.29 is 9.53 Å². The second-order valence-electron chi connectivity index (χ2n) is 7.68. The molecule has 5 nitrogen and oxygen atoms in total. The van der Waals surface area contributed by atoms with Crippen LogP contribution in [0.1, 0.15) is 38.2 Å². The smallest absolute Gasteiger partial charge is 0.225 e. The molecule has 1 saturated heterocycles. The third-order valence-electron chi connectivity index (χ3n) is 5.16. The number of thiocarbonyl (C=S) groups is 1. The fourth-order valence-electron chi connectivity index (χ4n) is 3.46. The zero-order valence-electron chi connectivity index (χ0n) is 15.8. The van der Waals surface area contributed by atoms with Gasteiger partial charge in [0.2, 0.25) is 5.91 Å². The lowest BCUT2D eigenvalue weighted by Gasteiger charge is -2.22. The number of amides is 1. The number of carbonyl (C=O) groups is 1. The second-order valence-corrected chi connectivity index (χ2v) is 8.07. The Balaban J connectivity index is 1.74. The van der Waals surface area contributed by atoms with E-state index >= 15 is 0 Å². The molecule has 1 heterocycles. The highest BCUT2D eigenvalue weighted by Crippen LogP contribution is 2.34. The summed E-state index contributed by atoms with van der Waals surface area (Å²) in [4.78, 5) is 15.0. The van der Waals surface area contributed by atoms with Gasteiger partial charge in [-0.2, -0.15) is 0 Å². The van der Waals surface area contributed by atoms with E-state index in [1.54, 1.807) is 7.11 Å². The van der Waals surface area contributed by atoms with Crippen LogP contribution >= 0.6 is 12.2 Å². The normalized spacial score (nSPS) is 22.4. The number of carbonyl (C=O) groups excluding carboxylic acids is 1. The number of rotatable bonds is 6. The Labute approximate surface area is 161 Å². The topological polar surface area (TPSA) is 53.6 Å². The average molecular weight is 376 g/mol. The molecule has 2 N–H and O–H groups in total. The molecular formula is C20H29N3O2S. The highest BCUT2D eigenvalue weighted by molar-refractivity contribution is 7.80. The van der Waals surface area contributed by atoms with Gasteiger partial charge in [0.1, 0.15) is 5.75 Å². The van der Waals surface area contributed by atoms with Crippen molar-refractivity contribution in [3.05, 3.63) is 29.8 Å². The minimum absolute atomic E-state index is 0.0888. The molecule has 1 amide bonds. The van der Waals surface area contributed by atoms with Crippen molar-refractivity contribution in [1.29, 1.82) is 0 Å². The van der Waals surface area contributed by atoms with E-state index in [2.05, 4.69) is 41.5 Å². The first-order valence-corrected chi connectivity index (χ1v) is 9.86. The van der Waals surface area contributed by atoms with Gasteiger partial charge in [-0.05, 0) is 62.5 Å². The van der Waals surface area contributed by atoms with Crippen LogP contribution in [0.25, 0.3) is 0 Å². The van der Waals surface area contributed by atoms with Crippen LogP contribution in [-0.2, 0) is 4.79 Å². The molecule has 142 valence electrons. The third kappa shape index (κ3) is 4.67. The minimum Gasteiger partial charge on any atom is -0.497 e. The van der Waals surface area contributed by atoms with E-state index < -0.39 is 0 Å². The summed E-state index contributed by atoms with van der Waals surface area (Å²) in [6.45, 7) is 6.36.